The predicted octanol–water partition coefficient (Wildman–Crippen LogP) is 3.96. The van der Waals surface area contributed by atoms with Crippen molar-refractivity contribution >= 4 is 11.8 Å². The summed E-state index contributed by atoms with van der Waals surface area (Å²) in [5, 5.41) is 0. The van der Waals surface area contributed by atoms with Crippen LogP contribution < -0.4 is 9.47 Å². The minimum absolute atomic E-state index is 0.464. The second-order valence-corrected chi connectivity index (χ2v) is 5.57. The summed E-state index contributed by atoms with van der Waals surface area (Å²) in [4.78, 5) is 1.39. The molecule has 2 aromatic rings. The monoisotopic (exact) mass is 272 g/mol. The van der Waals surface area contributed by atoms with Gasteiger partial charge in [0.1, 0.15) is 0 Å². The fraction of sp³-hybridized carbons (Fsp3) is 0.250. The summed E-state index contributed by atoms with van der Waals surface area (Å²) in [6.45, 7) is 0.699. The van der Waals surface area contributed by atoms with Crippen LogP contribution >= 0.6 is 11.8 Å². The number of ether oxygens (including phenoxy) is 2. The van der Waals surface area contributed by atoms with Crippen LogP contribution in [0, 0.1) is 0 Å². The molecule has 2 aromatic carbocycles. The highest BCUT2D eigenvalue weighted by Crippen LogP contribution is 2.39. The van der Waals surface area contributed by atoms with E-state index in [1.54, 1.807) is 7.11 Å². The lowest BCUT2D eigenvalue weighted by atomic mass is 10.0. The third-order valence-electron chi connectivity index (χ3n) is 3.31. The molecule has 1 atom stereocenters. The first-order valence-electron chi connectivity index (χ1n) is 6.36. The average molecular weight is 272 g/mol. The van der Waals surface area contributed by atoms with Gasteiger partial charge in [0.2, 0.25) is 0 Å². The van der Waals surface area contributed by atoms with Gasteiger partial charge < -0.3 is 9.47 Å². The zero-order chi connectivity index (χ0) is 13.1. The van der Waals surface area contributed by atoms with Crippen LogP contribution in [0.2, 0.25) is 0 Å². The van der Waals surface area contributed by atoms with Crippen LogP contribution in [-0.2, 0) is 0 Å². The van der Waals surface area contributed by atoms with Crippen molar-refractivity contribution in [3.05, 3.63) is 54.1 Å². The maximum atomic E-state index is 5.93. The second kappa shape index (κ2) is 5.57. The molecule has 0 radical (unpaired) electrons. The molecule has 3 heteroatoms. The Balaban J connectivity index is 1.71. The number of rotatable bonds is 4. The Morgan fingerprint density at radius 2 is 1.79 bits per heavy atom. The van der Waals surface area contributed by atoms with Crippen molar-refractivity contribution in [3.63, 3.8) is 0 Å². The lowest BCUT2D eigenvalue weighted by Crippen LogP contribution is -2.10. The van der Waals surface area contributed by atoms with Gasteiger partial charge in [-0.2, -0.15) is 0 Å². The minimum Gasteiger partial charge on any atom is -0.493 e. The van der Waals surface area contributed by atoms with E-state index >= 15 is 0 Å². The number of hydrogen-bond donors (Lipinski definition) is 0. The molecule has 0 aliphatic carbocycles. The highest BCUT2D eigenvalue weighted by atomic mass is 32.2. The zero-order valence-electron chi connectivity index (χ0n) is 10.8. The van der Waals surface area contributed by atoms with E-state index in [4.69, 9.17) is 9.47 Å². The number of hydrogen-bond acceptors (Lipinski definition) is 3. The summed E-state index contributed by atoms with van der Waals surface area (Å²) in [6.07, 6.45) is 0. The molecule has 3 rings (SSSR count). The topological polar surface area (TPSA) is 18.5 Å². The van der Waals surface area contributed by atoms with E-state index in [0.29, 0.717) is 12.5 Å². The first-order chi connectivity index (χ1) is 9.38. The lowest BCUT2D eigenvalue weighted by molar-refractivity contribution is 0.279. The third kappa shape index (κ3) is 2.56. The van der Waals surface area contributed by atoms with Crippen LogP contribution in [0.25, 0.3) is 0 Å². The van der Waals surface area contributed by atoms with Gasteiger partial charge in [-0.05, 0) is 23.8 Å². The molecule has 0 N–H and O–H groups in total. The molecule has 0 bridgehead atoms. The molecule has 0 saturated heterocycles. The zero-order valence-corrected chi connectivity index (χ0v) is 11.7. The summed E-state index contributed by atoms with van der Waals surface area (Å²) in [5.41, 5.74) is 1.40. The van der Waals surface area contributed by atoms with E-state index in [1.165, 1.54) is 10.5 Å². The fourth-order valence-electron chi connectivity index (χ4n) is 2.30. The normalized spacial score (nSPS) is 17.0. The smallest absolute Gasteiger partial charge is 0.161 e. The van der Waals surface area contributed by atoms with Crippen molar-refractivity contribution < 1.29 is 9.47 Å². The van der Waals surface area contributed by atoms with E-state index < -0.39 is 0 Å². The molecule has 1 heterocycles. The van der Waals surface area contributed by atoms with E-state index in [9.17, 15) is 0 Å². The molecule has 0 spiro atoms. The first-order valence-corrected chi connectivity index (χ1v) is 7.34. The van der Waals surface area contributed by atoms with Gasteiger partial charge in [-0.3, -0.25) is 0 Å². The van der Waals surface area contributed by atoms with E-state index in [1.807, 2.05) is 36.0 Å². The van der Waals surface area contributed by atoms with Gasteiger partial charge in [-0.15, -0.1) is 11.8 Å². The van der Waals surface area contributed by atoms with Gasteiger partial charge in [0.05, 0.1) is 13.7 Å². The number of para-hydroxylation sites is 2. The van der Waals surface area contributed by atoms with Crippen LogP contribution in [0.4, 0.5) is 0 Å². The summed E-state index contributed by atoms with van der Waals surface area (Å²) >= 11 is 1.91. The number of fused-ring (bicyclic) bond motifs is 1. The van der Waals surface area contributed by atoms with Crippen molar-refractivity contribution in [3.8, 4) is 11.5 Å². The van der Waals surface area contributed by atoms with Crippen LogP contribution in [0.1, 0.15) is 11.5 Å². The molecule has 0 fully saturated rings. The quantitative estimate of drug-likeness (QED) is 0.839. The Hall–Kier alpha value is -1.61. The maximum Gasteiger partial charge on any atom is 0.161 e. The molecule has 2 nitrogen and oxygen atoms in total. The molecule has 1 aliphatic rings. The summed E-state index contributed by atoms with van der Waals surface area (Å²) in [7, 11) is 1.67. The van der Waals surface area contributed by atoms with Crippen LogP contribution in [0.15, 0.2) is 53.4 Å². The predicted molar refractivity (Wildman–Crippen MR) is 78.4 cm³/mol. The number of thioether (sulfide) groups is 1. The summed E-state index contributed by atoms with van der Waals surface area (Å²) in [5.74, 6) is 3.17. The molecule has 98 valence electrons. The van der Waals surface area contributed by atoms with Gasteiger partial charge in [-0.25, -0.2) is 0 Å². The van der Waals surface area contributed by atoms with Crippen molar-refractivity contribution in [1.29, 1.82) is 0 Å². The van der Waals surface area contributed by atoms with Gasteiger partial charge in [-0.1, -0.05) is 30.3 Å². The fourth-order valence-corrected chi connectivity index (χ4v) is 3.53. The van der Waals surface area contributed by atoms with Crippen molar-refractivity contribution in [2.45, 2.75) is 10.8 Å². The molecular weight excluding hydrogens is 256 g/mol. The van der Waals surface area contributed by atoms with Crippen molar-refractivity contribution in [1.82, 2.24) is 0 Å². The molecule has 1 aliphatic heterocycles. The lowest BCUT2D eigenvalue weighted by Gasteiger charge is -2.14. The Morgan fingerprint density at radius 3 is 2.63 bits per heavy atom. The number of methoxy groups -OCH3 is 1. The third-order valence-corrected chi connectivity index (χ3v) is 4.56. The highest BCUT2D eigenvalue weighted by molar-refractivity contribution is 7.99. The maximum absolute atomic E-state index is 5.93. The van der Waals surface area contributed by atoms with Crippen LogP contribution in [0.5, 0.6) is 11.5 Å². The summed E-state index contributed by atoms with van der Waals surface area (Å²) in [6, 6.07) is 16.4. The van der Waals surface area contributed by atoms with Crippen molar-refractivity contribution in [2.24, 2.45) is 0 Å². The highest BCUT2D eigenvalue weighted by Gasteiger charge is 2.23. The molecular formula is C16H16O2S. The second-order valence-electron chi connectivity index (χ2n) is 4.51. The van der Waals surface area contributed by atoms with Crippen molar-refractivity contribution in [2.75, 3.05) is 19.5 Å². The van der Waals surface area contributed by atoms with Gasteiger partial charge >= 0.3 is 0 Å². The molecule has 1 unspecified atom stereocenters. The van der Waals surface area contributed by atoms with Gasteiger partial charge in [0, 0.05) is 16.6 Å². The van der Waals surface area contributed by atoms with Crippen LogP contribution in [0.3, 0.4) is 0 Å². The Bertz CT molecular complexity index is 568. The Kier molecular flexibility index (Phi) is 3.65. The molecule has 0 amide bonds. The van der Waals surface area contributed by atoms with Gasteiger partial charge in [0.15, 0.2) is 11.5 Å². The average Bonchev–Trinajstić information content (AvgIpc) is 2.89. The first kappa shape index (κ1) is 12.4. The van der Waals surface area contributed by atoms with Crippen LogP contribution in [-0.4, -0.2) is 19.5 Å². The van der Waals surface area contributed by atoms with E-state index in [-0.39, 0.29) is 0 Å². The minimum atomic E-state index is 0.464. The standard InChI is InChI=1S/C16H16O2S/c1-17-14-7-3-4-8-15(14)18-10-12-11-19-16-9-5-2-6-13(12)16/h2-9,12H,10-11H2,1H3. The van der Waals surface area contributed by atoms with E-state index in [2.05, 4.69) is 24.3 Å². The summed E-state index contributed by atoms with van der Waals surface area (Å²) < 4.78 is 11.2. The Morgan fingerprint density at radius 1 is 1.05 bits per heavy atom. The molecule has 0 saturated carbocycles. The number of benzene rings is 2. The molecule has 0 aromatic heterocycles. The van der Waals surface area contributed by atoms with Gasteiger partial charge in [0.25, 0.3) is 0 Å². The largest absolute Gasteiger partial charge is 0.493 e. The SMILES string of the molecule is COc1ccccc1OCC1CSc2ccccc21. The van der Waals surface area contributed by atoms with E-state index in [0.717, 1.165) is 17.3 Å². The molecule has 19 heavy (non-hydrogen) atoms. The Labute approximate surface area is 117 Å².